The van der Waals surface area contributed by atoms with Crippen molar-refractivity contribution in [2.75, 3.05) is 11.4 Å². The summed E-state index contributed by atoms with van der Waals surface area (Å²) in [4.78, 5) is 25.8. The summed E-state index contributed by atoms with van der Waals surface area (Å²) < 4.78 is 14.4. The Balaban J connectivity index is 1.80. The van der Waals surface area contributed by atoms with Gasteiger partial charge < -0.3 is 10.0 Å². The van der Waals surface area contributed by atoms with Crippen molar-refractivity contribution in [3.8, 4) is 0 Å². The second kappa shape index (κ2) is 4.31. The molecule has 2 saturated carbocycles. The number of amides is 1. The van der Waals surface area contributed by atoms with Gasteiger partial charge in [-0.05, 0) is 37.8 Å². The molecular weight excluding hydrogens is 285 g/mol. The Hall–Kier alpha value is -1.91. The maximum absolute atomic E-state index is 14.4. The van der Waals surface area contributed by atoms with Crippen LogP contribution in [0.5, 0.6) is 0 Å². The van der Waals surface area contributed by atoms with Crippen molar-refractivity contribution >= 4 is 17.6 Å². The Morgan fingerprint density at radius 2 is 1.82 bits per heavy atom. The third kappa shape index (κ3) is 1.62. The van der Waals surface area contributed by atoms with Crippen molar-refractivity contribution in [3.05, 3.63) is 29.6 Å². The largest absolute Gasteiger partial charge is 0.480 e. The highest BCUT2D eigenvalue weighted by Gasteiger charge is 2.61. The van der Waals surface area contributed by atoms with Gasteiger partial charge in [0.2, 0.25) is 5.91 Å². The van der Waals surface area contributed by atoms with E-state index in [0.717, 1.165) is 25.7 Å². The summed E-state index contributed by atoms with van der Waals surface area (Å²) >= 11 is 0. The van der Waals surface area contributed by atoms with Crippen LogP contribution in [0.1, 0.15) is 44.1 Å². The molecule has 4 rings (SSSR count). The van der Waals surface area contributed by atoms with E-state index >= 15 is 0 Å². The van der Waals surface area contributed by atoms with Crippen molar-refractivity contribution in [2.24, 2.45) is 5.41 Å². The van der Waals surface area contributed by atoms with Gasteiger partial charge in [0.25, 0.3) is 0 Å². The molecular formula is C17H18FNO3. The average molecular weight is 303 g/mol. The van der Waals surface area contributed by atoms with Gasteiger partial charge in [-0.15, -0.1) is 0 Å². The topological polar surface area (TPSA) is 57.6 Å². The summed E-state index contributed by atoms with van der Waals surface area (Å²) in [5.74, 6) is -1.69. The molecule has 22 heavy (non-hydrogen) atoms. The van der Waals surface area contributed by atoms with Crippen molar-refractivity contribution in [1.29, 1.82) is 0 Å². The molecule has 0 aromatic heterocycles. The molecule has 0 bridgehead atoms. The predicted molar refractivity (Wildman–Crippen MR) is 78.2 cm³/mol. The second-order valence-corrected chi connectivity index (χ2v) is 6.90. The number of fused-ring (bicyclic) bond motifs is 2. The van der Waals surface area contributed by atoms with Crippen LogP contribution in [-0.2, 0) is 15.0 Å². The number of rotatable bonds is 2. The quantitative estimate of drug-likeness (QED) is 0.855. The van der Waals surface area contributed by atoms with Gasteiger partial charge in [0.15, 0.2) is 0 Å². The van der Waals surface area contributed by atoms with E-state index in [0.29, 0.717) is 30.6 Å². The van der Waals surface area contributed by atoms with Crippen LogP contribution in [0.2, 0.25) is 0 Å². The fraction of sp³-hybridized carbons (Fsp3) is 0.529. The zero-order chi connectivity index (χ0) is 15.5. The molecule has 3 aliphatic rings. The first-order chi connectivity index (χ1) is 10.5. The SMILES string of the molecule is O=C(O)C1(C(=O)N2CC3(CCCC3)c3c(F)cccc32)CC1. The summed E-state index contributed by atoms with van der Waals surface area (Å²) in [6.45, 7) is 0.428. The molecule has 1 aromatic rings. The number of nitrogens with zero attached hydrogens (tertiary/aromatic N) is 1. The molecule has 116 valence electrons. The highest BCUT2D eigenvalue weighted by atomic mass is 19.1. The minimum absolute atomic E-state index is 0.269. The molecule has 5 heteroatoms. The summed E-state index contributed by atoms with van der Waals surface area (Å²) in [6.07, 6.45) is 4.56. The molecule has 1 spiro atoms. The Kier molecular flexibility index (Phi) is 2.69. The van der Waals surface area contributed by atoms with Crippen LogP contribution in [0.4, 0.5) is 10.1 Å². The van der Waals surface area contributed by atoms with E-state index in [1.54, 1.807) is 17.0 Å². The Labute approximate surface area is 127 Å². The molecule has 1 N–H and O–H groups in total. The Bertz CT molecular complexity index is 674. The molecule has 1 amide bonds. The number of hydrogen-bond acceptors (Lipinski definition) is 2. The van der Waals surface area contributed by atoms with E-state index in [2.05, 4.69) is 0 Å². The molecule has 0 saturated heterocycles. The molecule has 0 unspecified atom stereocenters. The maximum atomic E-state index is 14.4. The van der Waals surface area contributed by atoms with Gasteiger partial charge >= 0.3 is 5.97 Å². The monoisotopic (exact) mass is 303 g/mol. The highest BCUT2D eigenvalue weighted by molar-refractivity contribution is 6.13. The third-order valence-electron chi connectivity index (χ3n) is 5.65. The van der Waals surface area contributed by atoms with Crippen LogP contribution in [0.25, 0.3) is 0 Å². The van der Waals surface area contributed by atoms with E-state index in [1.807, 2.05) is 0 Å². The van der Waals surface area contributed by atoms with E-state index in [9.17, 15) is 19.1 Å². The smallest absolute Gasteiger partial charge is 0.319 e. The first-order valence-electron chi connectivity index (χ1n) is 7.85. The number of anilines is 1. The van der Waals surface area contributed by atoms with Crippen molar-refractivity contribution in [3.63, 3.8) is 0 Å². The third-order valence-corrected chi connectivity index (χ3v) is 5.65. The van der Waals surface area contributed by atoms with Gasteiger partial charge in [-0.25, -0.2) is 4.39 Å². The molecule has 2 fully saturated rings. The van der Waals surface area contributed by atoms with Crippen molar-refractivity contribution < 1.29 is 19.1 Å². The normalized spacial score (nSPS) is 23.6. The van der Waals surface area contributed by atoms with E-state index < -0.39 is 11.4 Å². The number of carboxylic acid groups (broad SMARTS) is 1. The second-order valence-electron chi connectivity index (χ2n) is 6.90. The molecule has 4 nitrogen and oxygen atoms in total. The number of benzene rings is 1. The maximum Gasteiger partial charge on any atom is 0.319 e. The lowest BCUT2D eigenvalue weighted by molar-refractivity contribution is -0.148. The van der Waals surface area contributed by atoms with E-state index in [-0.39, 0.29) is 17.1 Å². The van der Waals surface area contributed by atoms with Gasteiger partial charge in [0.1, 0.15) is 11.2 Å². The summed E-state index contributed by atoms with van der Waals surface area (Å²) in [5.41, 5.74) is -0.375. The Morgan fingerprint density at radius 3 is 2.41 bits per heavy atom. The standard InChI is InChI=1S/C17H18FNO3/c18-11-4-3-5-12-13(11)16(6-1-2-7-16)10-19(12)14(20)17(8-9-17)15(21)22/h3-5H,1-2,6-10H2,(H,21,22). The van der Waals surface area contributed by atoms with Crippen LogP contribution < -0.4 is 4.90 Å². The van der Waals surface area contributed by atoms with Gasteiger partial charge in [0, 0.05) is 17.5 Å². The van der Waals surface area contributed by atoms with E-state index in [1.165, 1.54) is 6.07 Å². The summed E-state index contributed by atoms with van der Waals surface area (Å²) in [5, 5.41) is 9.37. The lowest BCUT2D eigenvalue weighted by Crippen LogP contribution is -2.42. The molecule has 2 aliphatic carbocycles. The van der Waals surface area contributed by atoms with Crippen LogP contribution >= 0.6 is 0 Å². The van der Waals surface area contributed by atoms with Gasteiger partial charge in [-0.1, -0.05) is 18.9 Å². The molecule has 1 aliphatic heterocycles. The van der Waals surface area contributed by atoms with Crippen LogP contribution in [-0.4, -0.2) is 23.5 Å². The van der Waals surface area contributed by atoms with E-state index in [4.69, 9.17) is 0 Å². The first-order valence-corrected chi connectivity index (χ1v) is 7.85. The van der Waals surface area contributed by atoms with Crippen molar-refractivity contribution in [2.45, 2.75) is 43.9 Å². The number of carbonyl (C=O) groups excluding carboxylic acids is 1. The minimum Gasteiger partial charge on any atom is -0.480 e. The molecule has 0 radical (unpaired) electrons. The lowest BCUT2D eigenvalue weighted by Gasteiger charge is -2.26. The first kappa shape index (κ1) is 13.7. The lowest BCUT2D eigenvalue weighted by atomic mass is 9.80. The summed E-state index contributed by atoms with van der Waals surface area (Å²) in [7, 11) is 0. The number of halogens is 1. The fourth-order valence-corrected chi connectivity index (χ4v) is 4.27. The summed E-state index contributed by atoms with van der Waals surface area (Å²) in [6, 6.07) is 4.79. The van der Waals surface area contributed by atoms with Gasteiger partial charge in [-0.2, -0.15) is 0 Å². The predicted octanol–water partition coefficient (Wildman–Crippen LogP) is 2.85. The average Bonchev–Trinajstić information content (AvgIpc) is 3.08. The van der Waals surface area contributed by atoms with Crippen LogP contribution in [0.3, 0.4) is 0 Å². The number of aliphatic carboxylic acids is 1. The number of carbonyl (C=O) groups is 2. The molecule has 1 heterocycles. The van der Waals surface area contributed by atoms with Gasteiger partial charge in [0.05, 0.1) is 5.69 Å². The minimum atomic E-state index is -1.27. The Morgan fingerprint density at radius 1 is 1.14 bits per heavy atom. The number of hydrogen-bond donors (Lipinski definition) is 1. The zero-order valence-corrected chi connectivity index (χ0v) is 12.3. The van der Waals surface area contributed by atoms with Crippen LogP contribution in [0.15, 0.2) is 18.2 Å². The van der Waals surface area contributed by atoms with Crippen LogP contribution in [0, 0.1) is 11.2 Å². The molecule has 1 aromatic carbocycles. The van der Waals surface area contributed by atoms with Gasteiger partial charge in [-0.3, -0.25) is 9.59 Å². The van der Waals surface area contributed by atoms with Crippen molar-refractivity contribution in [1.82, 2.24) is 0 Å². The molecule has 0 atom stereocenters. The highest BCUT2D eigenvalue weighted by Crippen LogP contribution is 2.55. The number of carboxylic acids is 1. The fourth-order valence-electron chi connectivity index (χ4n) is 4.27. The zero-order valence-electron chi connectivity index (χ0n) is 12.3.